The Hall–Kier alpha value is -4.82. The third-order valence-electron chi connectivity index (χ3n) is 6.79. The van der Waals surface area contributed by atoms with Gasteiger partial charge in [0.1, 0.15) is 5.70 Å². The highest BCUT2D eigenvalue weighted by Gasteiger charge is 2.25. The molecular formula is C37H29Cl2N3O3S. The largest absolute Gasteiger partial charge is 0.321 e. The Bertz CT molecular complexity index is 1830. The molecule has 0 aliphatic rings. The molecule has 0 heterocycles. The molecule has 5 aromatic carbocycles. The van der Waals surface area contributed by atoms with Gasteiger partial charge in [-0.3, -0.25) is 19.3 Å². The van der Waals surface area contributed by atoms with Crippen molar-refractivity contribution in [2.75, 3.05) is 10.2 Å². The predicted octanol–water partition coefficient (Wildman–Crippen LogP) is 9.25. The van der Waals surface area contributed by atoms with E-state index < -0.39 is 17.1 Å². The molecule has 0 radical (unpaired) electrons. The number of halogens is 2. The lowest BCUT2D eigenvalue weighted by Crippen LogP contribution is -2.32. The van der Waals surface area contributed by atoms with Crippen LogP contribution in [0.15, 0.2) is 144 Å². The maximum atomic E-state index is 13.8. The van der Waals surface area contributed by atoms with E-state index >= 15 is 0 Å². The number of benzene rings is 5. The molecule has 1 unspecified atom stereocenters. The van der Waals surface area contributed by atoms with Crippen LogP contribution in [-0.2, 0) is 9.59 Å². The third kappa shape index (κ3) is 8.46. The number of para-hydroxylation sites is 2. The topological polar surface area (TPSA) is 78.5 Å². The van der Waals surface area contributed by atoms with Gasteiger partial charge in [-0.15, -0.1) is 11.8 Å². The van der Waals surface area contributed by atoms with E-state index in [2.05, 4.69) is 10.6 Å². The predicted molar refractivity (Wildman–Crippen MR) is 189 cm³/mol. The normalized spacial score (nSPS) is 11.8. The summed E-state index contributed by atoms with van der Waals surface area (Å²) in [5.74, 6) is -1.10. The van der Waals surface area contributed by atoms with Crippen LogP contribution in [0.1, 0.15) is 22.8 Å². The first-order valence-corrected chi connectivity index (χ1v) is 16.0. The van der Waals surface area contributed by atoms with Crippen molar-refractivity contribution < 1.29 is 14.4 Å². The molecule has 2 N–H and O–H groups in total. The van der Waals surface area contributed by atoms with Crippen molar-refractivity contribution in [1.82, 2.24) is 5.32 Å². The lowest BCUT2D eigenvalue weighted by molar-refractivity contribution is -0.117. The fourth-order valence-electron chi connectivity index (χ4n) is 4.56. The molecule has 0 spiro atoms. The van der Waals surface area contributed by atoms with Gasteiger partial charge in [-0.1, -0.05) is 89.9 Å². The van der Waals surface area contributed by atoms with Crippen LogP contribution < -0.4 is 15.5 Å². The lowest BCUT2D eigenvalue weighted by Gasteiger charge is -2.26. The molecule has 0 fully saturated rings. The molecule has 0 saturated heterocycles. The van der Waals surface area contributed by atoms with E-state index in [1.165, 1.54) is 17.8 Å². The monoisotopic (exact) mass is 665 g/mol. The minimum atomic E-state index is -0.555. The van der Waals surface area contributed by atoms with Gasteiger partial charge in [0.25, 0.3) is 11.8 Å². The quantitative estimate of drug-likeness (QED) is 0.115. The number of thioether (sulfide) groups is 1. The molecule has 0 aromatic heterocycles. The first-order valence-electron chi connectivity index (χ1n) is 14.3. The number of nitrogens with one attached hydrogen (secondary N) is 2. The highest BCUT2D eigenvalue weighted by molar-refractivity contribution is 8.00. The van der Waals surface area contributed by atoms with Crippen LogP contribution >= 0.6 is 35.0 Å². The molecular weight excluding hydrogens is 637 g/mol. The number of hydrogen-bond acceptors (Lipinski definition) is 4. The Morgan fingerprint density at radius 2 is 1.35 bits per heavy atom. The second-order valence-corrected chi connectivity index (χ2v) is 12.4. The number of rotatable bonds is 10. The molecule has 5 aromatic rings. The zero-order chi connectivity index (χ0) is 32.5. The number of carbonyl (C=O) groups is 3. The number of nitrogens with zero attached hydrogens (tertiary/aromatic N) is 1. The second kappa shape index (κ2) is 15.5. The fraction of sp³-hybridized carbons (Fsp3) is 0.0541. The van der Waals surface area contributed by atoms with Gasteiger partial charge in [-0.25, -0.2) is 0 Å². The summed E-state index contributed by atoms with van der Waals surface area (Å²) in [5, 5.41) is 5.89. The number of amides is 3. The molecule has 5 rings (SSSR count). The fourth-order valence-corrected chi connectivity index (χ4v) is 5.99. The van der Waals surface area contributed by atoms with Crippen LogP contribution in [0.4, 0.5) is 17.1 Å². The van der Waals surface area contributed by atoms with E-state index in [1.54, 1.807) is 71.6 Å². The number of anilines is 3. The molecule has 46 heavy (non-hydrogen) atoms. The maximum absolute atomic E-state index is 13.8. The first-order chi connectivity index (χ1) is 22.3. The van der Waals surface area contributed by atoms with E-state index in [1.807, 2.05) is 73.7 Å². The van der Waals surface area contributed by atoms with Crippen molar-refractivity contribution in [2.45, 2.75) is 17.1 Å². The zero-order valence-corrected chi connectivity index (χ0v) is 27.0. The van der Waals surface area contributed by atoms with Gasteiger partial charge in [0.05, 0.1) is 5.25 Å². The molecule has 1 atom stereocenters. The number of hydrogen-bond donors (Lipinski definition) is 2. The Kier molecular flexibility index (Phi) is 10.9. The van der Waals surface area contributed by atoms with Crippen LogP contribution in [0.3, 0.4) is 0 Å². The zero-order valence-electron chi connectivity index (χ0n) is 24.7. The van der Waals surface area contributed by atoms with E-state index in [4.69, 9.17) is 23.2 Å². The Morgan fingerprint density at radius 3 is 1.96 bits per heavy atom. The minimum Gasteiger partial charge on any atom is -0.321 e. The van der Waals surface area contributed by atoms with Crippen molar-refractivity contribution in [1.29, 1.82) is 0 Å². The molecule has 0 saturated carbocycles. The number of carbonyl (C=O) groups excluding carboxylic acids is 3. The van der Waals surface area contributed by atoms with E-state index in [0.29, 0.717) is 26.9 Å². The summed E-state index contributed by atoms with van der Waals surface area (Å²) in [6.45, 7) is 1.85. The summed E-state index contributed by atoms with van der Waals surface area (Å²) in [7, 11) is 0. The average molecular weight is 667 g/mol. The van der Waals surface area contributed by atoms with Gasteiger partial charge >= 0.3 is 0 Å². The molecule has 6 nitrogen and oxygen atoms in total. The van der Waals surface area contributed by atoms with E-state index in [0.717, 1.165) is 16.3 Å². The van der Waals surface area contributed by atoms with Gasteiger partial charge in [-0.05, 0) is 85.3 Å². The Labute approximate surface area is 282 Å². The maximum Gasteiger partial charge on any atom is 0.272 e. The molecule has 9 heteroatoms. The van der Waals surface area contributed by atoms with Gasteiger partial charge in [0.2, 0.25) is 5.91 Å². The van der Waals surface area contributed by atoms with Crippen LogP contribution in [0, 0.1) is 0 Å². The van der Waals surface area contributed by atoms with Gasteiger partial charge in [0.15, 0.2) is 0 Å². The summed E-state index contributed by atoms with van der Waals surface area (Å²) in [6.07, 6.45) is 1.50. The van der Waals surface area contributed by atoms with Crippen LogP contribution in [0.5, 0.6) is 0 Å². The van der Waals surface area contributed by atoms with E-state index in [-0.39, 0.29) is 11.6 Å². The summed E-state index contributed by atoms with van der Waals surface area (Å²) in [5.41, 5.74) is 2.90. The van der Waals surface area contributed by atoms with Crippen LogP contribution in [0.25, 0.3) is 6.08 Å². The highest BCUT2D eigenvalue weighted by atomic mass is 35.5. The Balaban J connectivity index is 1.35. The Morgan fingerprint density at radius 1 is 0.739 bits per heavy atom. The first kappa shape index (κ1) is 32.6. The summed E-state index contributed by atoms with van der Waals surface area (Å²) in [4.78, 5) is 42.9. The van der Waals surface area contributed by atoms with Crippen molar-refractivity contribution >= 4 is 75.8 Å². The van der Waals surface area contributed by atoms with Gasteiger partial charge < -0.3 is 10.6 Å². The molecule has 3 amide bonds. The summed E-state index contributed by atoms with van der Waals surface area (Å²) < 4.78 is 0. The third-order valence-corrected chi connectivity index (χ3v) is 8.44. The van der Waals surface area contributed by atoms with Crippen LogP contribution in [-0.4, -0.2) is 23.0 Å². The van der Waals surface area contributed by atoms with Crippen molar-refractivity contribution in [3.8, 4) is 0 Å². The summed E-state index contributed by atoms with van der Waals surface area (Å²) in [6, 6.07) is 39.7. The van der Waals surface area contributed by atoms with Crippen LogP contribution in [0.2, 0.25) is 10.0 Å². The average Bonchev–Trinajstić information content (AvgIpc) is 3.07. The van der Waals surface area contributed by atoms with E-state index in [9.17, 15) is 14.4 Å². The summed E-state index contributed by atoms with van der Waals surface area (Å²) >= 11 is 13.8. The molecule has 0 aliphatic heterocycles. The highest BCUT2D eigenvalue weighted by Crippen LogP contribution is 2.32. The van der Waals surface area contributed by atoms with Gasteiger partial charge in [-0.2, -0.15) is 0 Å². The van der Waals surface area contributed by atoms with Crippen molar-refractivity contribution in [3.63, 3.8) is 0 Å². The second-order valence-electron chi connectivity index (χ2n) is 10.1. The lowest BCUT2D eigenvalue weighted by atomic mass is 10.1. The van der Waals surface area contributed by atoms with Crippen molar-refractivity contribution in [2.24, 2.45) is 0 Å². The van der Waals surface area contributed by atoms with Crippen molar-refractivity contribution in [3.05, 3.63) is 160 Å². The standard InChI is InChI=1S/C37H29Cl2N3O3S/c1-25(37(45)42(30-15-7-3-8-16-30)31-17-9-4-10-18-31)46-32-19-11-14-29(24-32)40-36(44)34(22-27-20-21-28(38)23-33(27)39)41-35(43)26-12-5-2-6-13-26/h2-25H,1H3,(H,40,44)(H,41,43)/b34-22+. The van der Waals surface area contributed by atoms with Gasteiger partial charge in [0, 0.05) is 37.6 Å². The molecule has 230 valence electrons. The SMILES string of the molecule is CC(Sc1cccc(NC(=O)/C(=C\c2ccc(Cl)cc2Cl)NC(=O)c2ccccc2)c1)C(=O)N(c1ccccc1)c1ccccc1. The molecule has 0 aliphatic carbocycles. The minimum absolute atomic E-state index is 0.0129. The molecule has 0 bridgehead atoms. The smallest absolute Gasteiger partial charge is 0.272 e.